The lowest BCUT2D eigenvalue weighted by Crippen LogP contribution is -2.46. The van der Waals surface area contributed by atoms with E-state index in [0.717, 1.165) is 17.9 Å². The molecule has 0 saturated carbocycles. The summed E-state index contributed by atoms with van der Waals surface area (Å²) >= 11 is 1.89. The van der Waals surface area contributed by atoms with E-state index < -0.39 is 0 Å². The molecule has 1 aliphatic heterocycles. The SMILES string of the molecule is CCSCCC(C)N1CCC(=O)NC(C)C1=O. The molecule has 1 rings (SSSR count). The summed E-state index contributed by atoms with van der Waals surface area (Å²) in [5.41, 5.74) is 0. The van der Waals surface area contributed by atoms with Gasteiger partial charge in [-0.25, -0.2) is 0 Å². The predicted molar refractivity (Wildman–Crippen MR) is 71.0 cm³/mol. The van der Waals surface area contributed by atoms with Gasteiger partial charge in [0.25, 0.3) is 0 Å². The number of thioether (sulfide) groups is 1. The van der Waals surface area contributed by atoms with Gasteiger partial charge < -0.3 is 10.2 Å². The number of amides is 2. The Labute approximate surface area is 108 Å². The van der Waals surface area contributed by atoms with E-state index in [1.54, 1.807) is 6.92 Å². The van der Waals surface area contributed by atoms with Crippen LogP contribution in [0.4, 0.5) is 0 Å². The quantitative estimate of drug-likeness (QED) is 0.755. The number of hydrogen-bond donors (Lipinski definition) is 1. The molecule has 5 heteroatoms. The zero-order valence-electron chi connectivity index (χ0n) is 10.9. The van der Waals surface area contributed by atoms with Crippen LogP contribution in [0.15, 0.2) is 0 Å². The maximum atomic E-state index is 12.1. The highest BCUT2D eigenvalue weighted by molar-refractivity contribution is 7.99. The molecule has 17 heavy (non-hydrogen) atoms. The molecule has 0 bridgehead atoms. The van der Waals surface area contributed by atoms with Gasteiger partial charge in [-0.05, 0) is 31.8 Å². The van der Waals surface area contributed by atoms with Crippen molar-refractivity contribution in [1.82, 2.24) is 10.2 Å². The third-order valence-corrected chi connectivity index (χ3v) is 3.96. The molecule has 1 heterocycles. The van der Waals surface area contributed by atoms with Crippen LogP contribution in [-0.2, 0) is 9.59 Å². The average molecular weight is 258 g/mol. The first kappa shape index (κ1) is 14.4. The van der Waals surface area contributed by atoms with E-state index in [0.29, 0.717) is 13.0 Å². The lowest BCUT2D eigenvalue weighted by Gasteiger charge is -2.29. The van der Waals surface area contributed by atoms with Crippen molar-refractivity contribution in [3.05, 3.63) is 0 Å². The van der Waals surface area contributed by atoms with Gasteiger partial charge in [0.05, 0.1) is 0 Å². The second-order valence-corrected chi connectivity index (χ2v) is 5.80. The normalized spacial score (nSPS) is 23.2. The lowest BCUT2D eigenvalue weighted by molar-refractivity contribution is -0.134. The molecule has 2 amide bonds. The van der Waals surface area contributed by atoms with Crippen molar-refractivity contribution in [2.24, 2.45) is 0 Å². The molecule has 1 fully saturated rings. The lowest BCUT2D eigenvalue weighted by atomic mass is 10.2. The third kappa shape index (κ3) is 4.22. The Bertz CT molecular complexity index is 284. The van der Waals surface area contributed by atoms with E-state index >= 15 is 0 Å². The molecule has 0 aromatic rings. The summed E-state index contributed by atoms with van der Waals surface area (Å²) in [6.45, 7) is 6.51. The summed E-state index contributed by atoms with van der Waals surface area (Å²) in [7, 11) is 0. The molecule has 0 aromatic carbocycles. The van der Waals surface area contributed by atoms with Crippen LogP contribution in [0.3, 0.4) is 0 Å². The summed E-state index contributed by atoms with van der Waals surface area (Å²) in [6.07, 6.45) is 1.41. The Morgan fingerprint density at radius 2 is 2.24 bits per heavy atom. The average Bonchev–Trinajstić information content (AvgIpc) is 2.40. The fourth-order valence-corrected chi connectivity index (χ4v) is 2.74. The smallest absolute Gasteiger partial charge is 0.245 e. The van der Waals surface area contributed by atoms with Gasteiger partial charge in [-0.3, -0.25) is 9.59 Å². The molecular weight excluding hydrogens is 236 g/mol. The summed E-state index contributed by atoms with van der Waals surface area (Å²) < 4.78 is 0. The van der Waals surface area contributed by atoms with Crippen molar-refractivity contribution in [3.8, 4) is 0 Å². The van der Waals surface area contributed by atoms with Gasteiger partial charge in [-0.2, -0.15) is 11.8 Å². The van der Waals surface area contributed by atoms with Crippen LogP contribution in [0.5, 0.6) is 0 Å². The van der Waals surface area contributed by atoms with Crippen molar-refractivity contribution in [2.75, 3.05) is 18.1 Å². The Morgan fingerprint density at radius 1 is 1.53 bits per heavy atom. The van der Waals surface area contributed by atoms with Crippen molar-refractivity contribution in [3.63, 3.8) is 0 Å². The second-order valence-electron chi connectivity index (χ2n) is 4.41. The van der Waals surface area contributed by atoms with E-state index in [1.807, 2.05) is 16.7 Å². The number of carbonyl (C=O) groups excluding carboxylic acids is 2. The highest BCUT2D eigenvalue weighted by atomic mass is 32.2. The summed E-state index contributed by atoms with van der Waals surface area (Å²) in [5, 5.41) is 2.71. The number of rotatable bonds is 5. The molecule has 1 saturated heterocycles. The van der Waals surface area contributed by atoms with Crippen LogP contribution in [0.2, 0.25) is 0 Å². The number of nitrogens with one attached hydrogen (secondary N) is 1. The van der Waals surface area contributed by atoms with Gasteiger partial charge in [-0.15, -0.1) is 0 Å². The molecule has 2 atom stereocenters. The van der Waals surface area contributed by atoms with Gasteiger partial charge in [0, 0.05) is 19.0 Å². The molecule has 4 nitrogen and oxygen atoms in total. The highest BCUT2D eigenvalue weighted by Crippen LogP contribution is 2.13. The molecule has 0 aromatic heterocycles. The third-order valence-electron chi connectivity index (χ3n) is 3.03. The van der Waals surface area contributed by atoms with Crippen LogP contribution in [0, 0.1) is 0 Å². The van der Waals surface area contributed by atoms with Crippen molar-refractivity contribution in [1.29, 1.82) is 0 Å². The first-order chi connectivity index (χ1) is 8.06. The topological polar surface area (TPSA) is 49.4 Å². The zero-order valence-corrected chi connectivity index (χ0v) is 11.7. The van der Waals surface area contributed by atoms with E-state index in [9.17, 15) is 9.59 Å². The Hall–Kier alpha value is -0.710. The molecular formula is C12H22N2O2S. The maximum Gasteiger partial charge on any atom is 0.245 e. The Balaban J connectivity index is 2.54. The van der Waals surface area contributed by atoms with Crippen molar-refractivity contribution in [2.45, 2.75) is 45.7 Å². The molecule has 2 unspecified atom stereocenters. The predicted octanol–water partition coefficient (Wildman–Crippen LogP) is 1.26. The monoisotopic (exact) mass is 258 g/mol. The molecule has 0 radical (unpaired) electrons. The summed E-state index contributed by atoms with van der Waals surface area (Å²) in [5.74, 6) is 2.20. The number of carbonyl (C=O) groups is 2. The summed E-state index contributed by atoms with van der Waals surface area (Å²) in [4.78, 5) is 25.3. The number of hydrogen-bond acceptors (Lipinski definition) is 3. The molecule has 1 N–H and O–H groups in total. The fourth-order valence-electron chi connectivity index (χ4n) is 1.95. The van der Waals surface area contributed by atoms with E-state index in [-0.39, 0.29) is 23.9 Å². The van der Waals surface area contributed by atoms with Crippen molar-refractivity contribution < 1.29 is 9.59 Å². The Morgan fingerprint density at radius 3 is 2.88 bits per heavy atom. The molecule has 98 valence electrons. The van der Waals surface area contributed by atoms with Crippen LogP contribution < -0.4 is 5.32 Å². The van der Waals surface area contributed by atoms with E-state index in [2.05, 4.69) is 19.2 Å². The van der Waals surface area contributed by atoms with Crippen LogP contribution in [-0.4, -0.2) is 46.8 Å². The van der Waals surface area contributed by atoms with Crippen LogP contribution in [0.25, 0.3) is 0 Å². The Kier molecular flexibility index (Phi) is 5.82. The first-order valence-electron chi connectivity index (χ1n) is 6.23. The number of nitrogens with zero attached hydrogens (tertiary/aromatic N) is 1. The zero-order chi connectivity index (χ0) is 12.8. The first-order valence-corrected chi connectivity index (χ1v) is 7.39. The molecule has 1 aliphatic rings. The molecule has 0 spiro atoms. The maximum absolute atomic E-state index is 12.1. The second kappa shape index (κ2) is 6.89. The van der Waals surface area contributed by atoms with Crippen LogP contribution >= 0.6 is 11.8 Å². The summed E-state index contributed by atoms with van der Waals surface area (Å²) in [6, 6.07) is -0.164. The van der Waals surface area contributed by atoms with Gasteiger partial charge in [0.1, 0.15) is 6.04 Å². The van der Waals surface area contributed by atoms with E-state index in [4.69, 9.17) is 0 Å². The van der Waals surface area contributed by atoms with Crippen molar-refractivity contribution >= 4 is 23.6 Å². The van der Waals surface area contributed by atoms with Gasteiger partial charge in [0.15, 0.2) is 0 Å². The fraction of sp³-hybridized carbons (Fsp3) is 0.833. The largest absolute Gasteiger partial charge is 0.345 e. The minimum atomic E-state index is -0.383. The highest BCUT2D eigenvalue weighted by Gasteiger charge is 2.29. The van der Waals surface area contributed by atoms with E-state index in [1.165, 1.54) is 0 Å². The standard InChI is InChI=1S/C12H22N2O2S/c1-4-17-8-6-9(2)14-7-5-11(15)13-10(3)12(14)16/h9-10H,4-8H2,1-3H3,(H,13,15). The molecule has 0 aliphatic carbocycles. The van der Waals surface area contributed by atoms with Gasteiger partial charge >= 0.3 is 0 Å². The van der Waals surface area contributed by atoms with Gasteiger partial charge in [-0.1, -0.05) is 6.92 Å². The van der Waals surface area contributed by atoms with Gasteiger partial charge in [0.2, 0.25) is 11.8 Å². The minimum absolute atomic E-state index is 0.0246. The minimum Gasteiger partial charge on any atom is -0.345 e. The van der Waals surface area contributed by atoms with Crippen LogP contribution in [0.1, 0.15) is 33.6 Å².